The van der Waals surface area contributed by atoms with Crippen molar-refractivity contribution in [2.24, 2.45) is 0 Å². The quantitative estimate of drug-likeness (QED) is 0.449. The Morgan fingerprint density at radius 2 is 2.10 bits per heavy atom. The lowest BCUT2D eigenvalue weighted by Gasteiger charge is -2.00. The first-order chi connectivity index (χ1) is 13.8. The standard InChI is InChI=1S/C18H13ClN4O4S2/c1-2-29(25,26)18-22-17(28-23-18)21-16(24)11(10-20)9-12-7-8-15(27-12)13-5-3-4-6-14(13)19/h3-9H,2H2,1H3,(H,21,22,23,24)/b11-9-. The van der Waals surface area contributed by atoms with Gasteiger partial charge >= 0.3 is 0 Å². The van der Waals surface area contributed by atoms with Crippen LogP contribution in [-0.2, 0) is 14.6 Å². The van der Waals surface area contributed by atoms with Crippen molar-refractivity contribution in [2.75, 3.05) is 11.1 Å². The van der Waals surface area contributed by atoms with Gasteiger partial charge in [0.1, 0.15) is 23.2 Å². The Labute approximate surface area is 175 Å². The Morgan fingerprint density at radius 3 is 2.79 bits per heavy atom. The minimum atomic E-state index is -3.58. The van der Waals surface area contributed by atoms with Gasteiger partial charge in [-0.1, -0.05) is 30.7 Å². The van der Waals surface area contributed by atoms with Crippen LogP contribution in [0, 0.1) is 11.3 Å². The number of amides is 1. The number of hydrogen-bond donors (Lipinski definition) is 1. The molecule has 2 heterocycles. The van der Waals surface area contributed by atoms with Gasteiger partial charge in [0.05, 0.1) is 10.8 Å². The number of nitrogens with zero attached hydrogens (tertiary/aromatic N) is 3. The van der Waals surface area contributed by atoms with E-state index in [4.69, 9.17) is 16.0 Å². The molecule has 3 rings (SSSR count). The first-order valence-corrected chi connectivity index (χ1v) is 11.0. The monoisotopic (exact) mass is 448 g/mol. The first-order valence-electron chi connectivity index (χ1n) is 8.18. The Kier molecular flexibility index (Phi) is 6.12. The lowest BCUT2D eigenvalue weighted by atomic mass is 10.2. The zero-order valence-electron chi connectivity index (χ0n) is 14.9. The van der Waals surface area contributed by atoms with Crippen molar-refractivity contribution in [3.05, 3.63) is 52.8 Å². The number of rotatable bonds is 6. The fraction of sp³-hybridized carbons (Fsp3) is 0.111. The fourth-order valence-electron chi connectivity index (χ4n) is 2.21. The number of furan rings is 1. The topological polar surface area (TPSA) is 126 Å². The fourth-order valence-corrected chi connectivity index (χ4v) is 4.02. The Balaban J connectivity index is 1.80. The van der Waals surface area contributed by atoms with E-state index in [0.29, 0.717) is 27.9 Å². The lowest BCUT2D eigenvalue weighted by Crippen LogP contribution is -2.13. The van der Waals surface area contributed by atoms with Crippen LogP contribution >= 0.6 is 23.1 Å². The zero-order valence-corrected chi connectivity index (χ0v) is 17.3. The van der Waals surface area contributed by atoms with Gasteiger partial charge < -0.3 is 4.42 Å². The van der Waals surface area contributed by atoms with E-state index in [1.807, 2.05) is 6.07 Å². The molecule has 29 heavy (non-hydrogen) atoms. The predicted molar refractivity (Wildman–Crippen MR) is 109 cm³/mol. The molecule has 1 N–H and O–H groups in total. The number of hydrogen-bond acceptors (Lipinski definition) is 8. The Hall–Kier alpha value is -3.00. The van der Waals surface area contributed by atoms with Crippen LogP contribution in [0.15, 0.2) is 51.5 Å². The number of aromatic nitrogens is 2. The van der Waals surface area contributed by atoms with Crippen molar-refractivity contribution in [1.82, 2.24) is 9.36 Å². The van der Waals surface area contributed by atoms with Gasteiger partial charge in [-0.05, 0) is 24.3 Å². The van der Waals surface area contributed by atoms with Crippen molar-refractivity contribution >= 4 is 50.1 Å². The second kappa shape index (κ2) is 8.57. The van der Waals surface area contributed by atoms with E-state index in [1.54, 1.807) is 36.4 Å². The van der Waals surface area contributed by atoms with Gasteiger partial charge in [0.2, 0.25) is 15.0 Å². The van der Waals surface area contributed by atoms with Gasteiger partial charge in [-0.15, -0.1) is 0 Å². The third-order valence-corrected chi connectivity index (χ3v) is 6.28. The molecule has 3 aromatic rings. The Morgan fingerprint density at radius 1 is 1.34 bits per heavy atom. The first kappa shape index (κ1) is 20.7. The molecule has 0 spiro atoms. The smallest absolute Gasteiger partial charge is 0.268 e. The molecular formula is C18H13ClN4O4S2. The molecule has 0 aliphatic heterocycles. The van der Waals surface area contributed by atoms with Crippen LogP contribution in [0.3, 0.4) is 0 Å². The molecule has 1 aromatic carbocycles. The number of sulfone groups is 1. The summed E-state index contributed by atoms with van der Waals surface area (Å²) in [6, 6.07) is 12.2. The van der Waals surface area contributed by atoms with Gasteiger partial charge in [-0.2, -0.15) is 14.6 Å². The maximum atomic E-state index is 12.3. The third kappa shape index (κ3) is 4.71. The summed E-state index contributed by atoms with van der Waals surface area (Å²) in [4.78, 5) is 16.1. The number of benzene rings is 1. The average molecular weight is 449 g/mol. The van der Waals surface area contributed by atoms with Gasteiger partial charge in [-0.25, -0.2) is 8.42 Å². The van der Waals surface area contributed by atoms with E-state index >= 15 is 0 Å². The molecule has 1 amide bonds. The number of nitrogens with one attached hydrogen (secondary N) is 1. The van der Waals surface area contributed by atoms with Crippen molar-refractivity contribution in [2.45, 2.75) is 12.1 Å². The van der Waals surface area contributed by atoms with Crippen molar-refractivity contribution in [3.63, 3.8) is 0 Å². The number of nitriles is 1. The average Bonchev–Trinajstić information content (AvgIpc) is 3.36. The summed E-state index contributed by atoms with van der Waals surface area (Å²) in [6.45, 7) is 1.46. The van der Waals surface area contributed by atoms with E-state index < -0.39 is 15.7 Å². The lowest BCUT2D eigenvalue weighted by molar-refractivity contribution is -0.112. The van der Waals surface area contributed by atoms with E-state index in [9.17, 15) is 18.5 Å². The van der Waals surface area contributed by atoms with Crippen molar-refractivity contribution in [3.8, 4) is 17.4 Å². The van der Waals surface area contributed by atoms with Crippen LogP contribution in [0.4, 0.5) is 5.13 Å². The minimum absolute atomic E-state index is 0.0284. The van der Waals surface area contributed by atoms with Crippen LogP contribution in [0.1, 0.15) is 12.7 Å². The number of halogens is 1. The van der Waals surface area contributed by atoms with Crippen molar-refractivity contribution in [1.29, 1.82) is 5.26 Å². The molecule has 0 fully saturated rings. The van der Waals surface area contributed by atoms with E-state index in [-0.39, 0.29) is 27.4 Å². The van der Waals surface area contributed by atoms with Crippen LogP contribution in [-0.4, -0.2) is 29.4 Å². The molecule has 0 aliphatic rings. The third-order valence-electron chi connectivity index (χ3n) is 3.70. The molecule has 8 nitrogen and oxygen atoms in total. The van der Waals surface area contributed by atoms with E-state index in [1.165, 1.54) is 13.0 Å². The summed E-state index contributed by atoms with van der Waals surface area (Å²) in [5.41, 5.74) is 0.426. The van der Waals surface area contributed by atoms with Crippen LogP contribution in [0.5, 0.6) is 0 Å². The van der Waals surface area contributed by atoms with E-state index in [2.05, 4.69) is 14.7 Å². The second-order valence-corrected chi connectivity index (χ2v) is 8.92. The minimum Gasteiger partial charge on any atom is -0.457 e. The number of anilines is 1. The molecule has 0 unspecified atom stereocenters. The summed E-state index contributed by atoms with van der Waals surface area (Å²) < 4.78 is 32.9. The van der Waals surface area contributed by atoms with Crippen LogP contribution < -0.4 is 5.32 Å². The number of carbonyl (C=O) groups is 1. The normalized spacial score (nSPS) is 11.8. The largest absolute Gasteiger partial charge is 0.457 e. The molecule has 0 bridgehead atoms. The maximum absolute atomic E-state index is 12.3. The van der Waals surface area contributed by atoms with Crippen LogP contribution in [0.25, 0.3) is 17.4 Å². The zero-order chi connectivity index (χ0) is 21.0. The molecule has 148 valence electrons. The van der Waals surface area contributed by atoms with Gasteiger partial charge in [0.15, 0.2) is 0 Å². The number of carbonyl (C=O) groups excluding carboxylic acids is 1. The highest BCUT2D eigenvalue weighted by atomic mass is 35.5. The summed E-state index contributed by atoms with van der Waals surface area (Å²) >= 11 is 6.85. The Bertz CT molecular complexity index is 1240. The van der Waals surface area contributed by atoms with Gasteiger partial charge in [-0.3, -0.25) is 10.1 Å². The van der Waals surface area contributed by atoms with Crippen LogP contribution in [0.2, 0.25) is 5.02 Å². The van der Waals surface area contributed by atoms with E-state index in [0.717, 1.165) is 0 Å². The highest BCUT2D eigenvalue weighted by molar-refractivity contribution is 7.91. The molecule has 0 radical (unpaired) electrons. The molecule has 0 atom stereocenters. The second-order valence-electron chi connectivity index (χ2n) is 5.59. The summed E-state index contributed by atoms with van der Waals surface area (Å²) in [5, 5.41) is 11.8. The maximum Gasteiger partial charge on any atom is 0.268 e. The predicted octanol–water partition coefficient (Wildman–Crippen LogP) is 3.79. The SMILES string of the molecule is CCS(=O)(=O)c1nsc(NC(=O)/C(C#N)=C\c2ccc(-c3ccccc3Cl)o2)n1. The molecular weight excluding hydrogens is 436 g/mol. The van der Waals surface area contributed by atoms with Gasteiger partial charge in [0.25, 0.3) is 11.1 Å². The summed E-state index contributed by atoms with van der Waals surface area (Å²) in [5.74, 6) is -0.164. The van der Waals surface area contributed by atoms with Gasteiger partial charge in [0, 0.05) is 23.2 Å². The van der Waals surface area contributed by atoms with Crippen molar-refractivity contribution < 1.29 is 17.6 Å². The molecule has 0 aliphatic carbocycles. The molecule has 0 saturated heterocycles. The summed E-state index contributed by atoms with van der Waals surface area (Å²) in [7, 11) is -3.58. The molecule has 11 heteroatoms. The summed E-state index contributed by atoms with van der Waals surface area (Å²) in [6.07, 6.45) is 1.26. The molecule has 0 saturated carbocycles. The molecule has 2 aromatic heterocycles. The highest BCUT2D eigenvalue weighted by Crippen LogP contribution is 2.29. The highest BCUT2D eigenvalue weighted by Gasteiger charge is 2.20.